The van der Waals surface area contributed by atoms with Crippen molar-refractivity contribution in [3.8, 4) is 5.75 Å². The average Bonchev–Trinajstić information content (AvgIpc) is 2.99. The molecule has 3 aromatic rings. The van der Waals surface area contributed by atoms with Crippen LogP contribution in [-0.2, 0) is 16.1 Å². The molecule has 0 unspecified atom stereocenters. The standard InChI is InChI=1S/C24H19Cl2N3O3/c1-14-3-6-20(32-2)19(11-14)28-22-21(17-5-4-16(25)12-18(17)26)23(30)29(24(22)31)13-15-7-9-27-10-8-15/h3-12,28H,13H2,1-2H3. The number of amides is 2. The Morgan fingerprint density at radius 2 is 1.75 bits per heavy atom. The van der Waals surface area contributed by atoms with Gasteiger partial charge in [0.2, 0.25) is 0 Å². The topological polar surface area (TPSA) is 71.5 Å². The van der Waals surface area contributed by atoms with E-state index < -0.39 is 11.8 Å². The molecule has 0 radical (unpaired) electrons. The quantitative estimate of drug-likeness (QED) is 0.510. The van der Waals surface area contributed by atoms with E-state index in [-0.39, 0.29) is 22.8 Å². The SMILES string of the molecule is COc1ccc(C)cc1NC1=C(c2ccc(Cl)cc2Cl)C(=O)N(Cc2ccncc2)C1=O. The van der Waals surface area contributed by atoms with Crippen LogP contribution in [0.5, 0.6) is 5.75 Å². The third-order valence-electron chi connectivity index (χ3n) is 5.07. The minimum Gasteiger partial charge on any atom is -0.495 e. The van der Waals surface area contributed by atoms with Crippen molar-refractivity contribution in [2.24, 2.45) is 0 Å². The first-order chi connectivity index (χ1) is 15.4. The molecule has 162 valence electrons. The molecule has 1 aromatic heterocycles. The number of aryl methyl sites for hydroxylation is 1. The third kappa shape index (κ3) is 4.20. The molecule has 2 aromatic carbocycles. The highest BCUT2D eigenvalue weighted by Gasteiger charge is 2.40. The lowest BCUT2D eigenvalue weighted by atomic mass is 10.0. The molecule has 0 saturated carbocycles. The van der Waals surface area contributed by atoms with E-state index in [1.807, 2.05) is 19.1 Å². The van der Waals surface area contributed by atoms with Crippen molar-refractivity contribution in [3.63, 3.8) is 0 Å². The minimum atomic E-state index is -0.462. The van der Waals surface area contributed by atoms with E-state index in [0.717, 1.165) is 11.1 Å². The van der Waals surface area contributed by atoms with Crippen LogP contribution >= 0.6 is 23.2 Å². The van der Waals surface area contributed by atoms with Crippen molar-refractivity contribution in [3.05, 3.63) is 93.4 Å². The van der Waals surface area contributed by atoms with Gasteiger partial charge in [0.25, 0.3) is 11.8 Å². The lowest BCUT2D eigenvalue weighted by Gasteiger charge is -2.16. The summed E-state index contributed by atoms with van der Waals surface area (Å²) >= 11 is 12.5. The average molecular weight is 468 g/mol. The summed E-state index contributed by atoms with van der Waals surface area (Å²) in [5, 5.41) is 3.83. The Hall–Kier alpha value is -3.35. The zero-order chi connectivity index (χ0) is 22.8. The maximum absolute atomic E-state index is 13.4. The van der Waals surface area contributed by atoms with E-state index in [1.54, 1.807) is 55.9 Å². The second-order valence-corrected chi connectivity index (χ2v) is 8.10. The van der Waals surface area contributed by atoms with Gasteiger partial charge in [-0.2, -0.15) is 0 Å². The van der Waals surface area contributed by atoms with Gasteiger partial charge in [-0.3, -0.25) is 19.5 Å². The van der Waals surface area contributed by atoms with Crippen LogP contribution in [0.3, 0.4) is 0 Å². The van der Waals surface area contributed by atoms with E-state index in [1.165, 1.54) is 4.90 Å². The zero-order valence-electron chi connectivity index (χ0n) is 17.4. The Balaban J connectivity index is 1.82. The van der Waals surface area contributed by atoms with Crippen molar-refractivity contribution in [1.29, 1.82) is 0 Å². The van der Waals surface area contributed by atoms with Crippen LogP contribution < -0.4 is 10.1 Å². The Kier molecular flexibility index (Phi) is 6.17. The highest BCUT2D eigenvalue weighted by Crippen LogP contribution is 2.37. The van der Waals surface area contributed by atoms with Gasteiger partial charge in [-0.1, -0.05) is 35.3 Å². The molecule has 1 aliphatic heterocycles. The molecular formula is C24H19Cl2N3O3. The molecule has 0 spiro atoms. The summed E-state index contributed by atoms with van der Waals surface area (Å²) in [6.07, 6.45) is 3.23. The lowest BCUT2D eigenvalue weighted by molar-refractivity contribution is -0.137. The number of carbonyl (C=O) groups is 2. The number of nitrogens with one attached hydrogen (secondary N) is 1. The molecule has 0 aliphatic carbocycles. The van der Waals surface area contributed by atoms with Crippen molar-refractivity contribution >= 4 is 46.3 Å². The molecule has 0 fully saturated rings. The summed E-state index contributed by atoms with van der Waals surface area (Å²) in [5.41, 5.74) is 3.02. The number of hydrogen-bond acceptors (Lipinski definition) is 5. The number of halogens is 2. The highest BCUT2D eigenvalue weighted by atomic mass is 35.5. The van der Waals surface area contributed by atoms with E-state index >= 15 is 0 Å². The van der Waals surface area contributed by atoms with Gasteiger partial charge in [0.15, 0.2) is 0 Å². The fourth-order valence-electron chi connectivity index (χ4n) is 3.50. The smallest absolute Gasteiger partial charge is 0.278 e. The molecule has 1 aliphatic rings. The molecule has 0 saturated heterocycles. The van der Waals surface area contributed by atoms with Crippen molar-refractivity contribution in [2.45, 2.75) is 13.5 Å². The predicted octanol–water partition coefficient (Wildman–Crippen LogP) is 5.10. The zero-order valence-corrected chi connectivity index (χ0v) is 18.9. The van der Waals surface area contributed by atoms with Crippen LogP contribution in [0, 0.1) is 6.92 Å². The van der Waals surface area contributed by atoms with E-state index in [2.05, 4.69) is 10.3 Å². The second-order valence-electron chi connectivity index (χ2n) is 7.25. The van der Waals surface area contributed by atoms with Gasteiger partial charge in [-0.25, -0.2) is 0 Å². The highest BCUT2D eigenvalue weighted by molar-refractivity contribution is 6.41. The summed E-state index contributed by atoms with van der Waals surface area (Å²) in [6.45, 7) is 2.03. The third-order valence-corrected chi connectivity index (χ3v) is 5.62. The molecule has 6 nitrogen and oxygen atoms in total. The molecule has 0 bridgehead atoms. The number of benzene rings is 2. The molecule has 0 atom stereocenters. The first kappa shape index (κ1) is 21.9. The number of rotatable bonds is 6. The summed E-state index contributed by atoms with van der Waals surface area (Å²) in [6, 6.07) is 13.8. The van der Waals surface area contributed by atoms with Crippen molar-refractivity contribution in [1.82, 2.24) is 9.88 Å². The number of carbonyl (C=O) groups excluding carboxylic acids is 2. The van der Waals surface area contributed by atoms with Crippen LogP contribution in [0.15, 0.2) is 66.6 Å². The predicted molar refractivity (Wildman–Crippen MR) is 125 cm³/mol. The van der Waals surface area contributed by atoms with Crippen molar-refractivity contribution < 1.29 is 14.3 Å². The number of methoxy groups -OCH3 is 1. The van der Waals surface area contributed by atoms with Crippen LogP contribution in [0.25, 0.3) is 5.57 Å². The molecule has 8 heteroatoms. The number of nitrogens with zero attached hydrogens (tertiary/aromatic N) is 2. The number of aromatic nitrogens is 1. The Bertz CT molecular complexity index is 1240. The summed E-state index contributed by atoms with van der Waals surface area (Å²) in [4.78, 5) is 32.0. The first-order valence-corrected chi connectivity index (χ1v) is 10.5. The van der Waals surface area contributed by atoms with E-state index in [9.17, 15) is 9.59 Å². The van der Waals surface area contributed by atoms with Crippen LogP contribution in [-0.4, -0.2) is 28.8 Å². The Morgan fingerprint density at radius 3 is 2.44 bits per heavy atom. The van der Waals surface area contributed by atoms with Gasteiger partial charge in [0.05, 0.1) is 29.9 Å². The van der Waals surface area contributed by atoms with E-state index in [4.69, 9.17) is 27.9 Å². The molecular weight excluding hydrogens is 449 g/mol. The molecule has 32 heavy (non-hydrogen) atoms. The Morgan fingerprint density at radius 1 is 1.00 bits per heavy atom. The van der Waals surface area contributed by atoms with Gasteiger partial charge in [0.1, 0.15) is 11.4 Å². The summed E-state index contributed by atoms with van der Waals surface area (Å²) in [5.74, 6) is -0.376. The van der Waals surface area contributed by atoms with E-state index in [0.29, 0.717) is 22.0 Å². The molecule has 1 N–H and O–H groups in total. The first-order valence-electron chi connectivity index (χ1n) is 9.75. The second kappa shape index (κ2) is 9.02. The fraction of sp³-hybridized carbons (Fsp3) is 0.125. The molecule has 4 rings (SSSR count). The van der Waals surface area contributed by atoms with Crippen molar-refractivity contribution in [2.75, 3.05) is 12.4 Å². The van der Waals surface area contributed by atoms with Gasteiger partial charge in [-0.15, -0.1) is 0 Å². The number of pyridine rings is 1. The maximum Gasteiger partial charge on any atom is 0.278 e. The number of ether oxygens (including phenoxy) is 1. The molecule has 2 heterocycles. The van der Waals surface area contributed by atoms with Gasteiger partial charge >= 0.3 is 0 Å². The minimum absolute atomic E-state index is 0.102. The number of hydrogen-bond donors (Lipinski definition) is 1. The molecule has 2 amide bonds. The van der Waals surface area contributed by atoms with Gasteiger partial charge in [-0.05, 0) is 54.4 Å². The summed E-state index contributed by atoms with van der Waals surface area (Å²) < 4.78 is 5.43. The number of imide groups is 1. The number of anilines is 1. The normalized spacial score (nSPS) is 13.7. The van der Waals surface area contributed by atoms with Gasteiger partial charge in [0, 0.05) is 23.0 Å². The largest absolute Gasteiger partial charge is 0.495 e. The fourth-order valence-corrected chi connectivity index (χ4v) is 4.01. The lowest BCUT2D eigenvalue weighted by Crippen LogP contribution is -2.32. The monoisotopic (exact) mass is 467 g/mol. The van der Waals surface area contributed by atoms with Gasteiger partial charge < -0.3 is 10.1 Å². The summed E-state index contributed by atoms with van der Waals surface area (Å²) in [7, 11) is 1.54. The van der Waals surface area contributed by atoms with Crippen LogP contribution in [0.4, 0.5) is 5.69 Å². The van der Waals surface area contributed by atoms with Crippen LogP contribution in [0.2, 0.25) is 10.0 Å². The Labute approximate surface area is 195 Å². The van der Waals surface area contributed by atoms with Crippen LogP contribution in [0.1, 0.15) is 16.7 Å². The maximum atomic E-state index is 13.4.